The average Bonchev–Trinajstić information content (AvgIpc) is 2.88. The van der Waals surface area contributed by atoms with E-state index in [0.29, 0.717) is 21.9 Å². The highest BCUT2D eigenvalue weighted by Gasteiger charge is 2.09. The van der Waals surface area contributed by atoms with Gasteiger partial charge in [-0.25, -0.2) is 4.98 Å². The van der Waals surface area contributed by atoms with Crippen molar-refractivity contribution < 1.29 is 0 Å². The first-order chi connectivity index (χ1) is 10.2. The minimum absolute atomic E-state index is 0.158. The summed E-state index contributed by atoms with van der Waals surface area (Å²) >= 11 is 6.05. The first-order valence-corrected chi connectivity index (χ1v) is 6.73. The van der Waals surface area contributed by atoms with Crippen LogP contribution in [0.5, 0.6) is 0 Å². The second-order valence-corrected chi connectivity index (χ2v) is 5.08. The Morgan fingerprint density at radius 3 is 2.76 bits per heavy atom. The third kappa shape index (κ3) is 1.90. The molecule has 0 radical (unpaired) electrons. The van der Waals surface area contributed by atoms with Gasteiger partial charge in [0.15, 0.2) is 0 Å². The Bertz CT molecular complexity index is 1030. The Balaban J connectivity index is 1.99. The number of nitrogens with zero attached hydrogens (tertiary/aromatic N) is 2. The van der Waals surface area contributed by atoms with Crippen LogP contribution in [-0.4, -0.2) is 20.2 Å². The molecule has 0 saturated carbocycles. The van der Waals surface area contributed by atoms with E-state index >= 15 is 0 Å². The van der Waals surface area contributed by atoms with Crippen molar-refractivity contribution in [2.75, 3.05) is 0 Å². The minimum atomic E-state index is -0.158. The molecule has 2 N–H and O–H groups in total. The molecule has 0 atom stereocenters. The van der Waals surface area contributed by atoms with Crippen molar-refractivity contribution in [3.63, 3.8) is 0 Å². The van der Waals surface area contributed by atoms with Crippen LogP contribution in [0.2, 0.25) is 5.15 Å². The number of halogens is 1. The maximum atomic E-state index is 12.1. The van der Waals surface area contributed by atoms with Gasteiger partial charge in [-0.15, -0.1) is 0 Å². The van der Waals surface area contributed by atoms with E-state index in [0.717, 1.165) is 16.5 Å². The molecule has 2 aromatic carbocycles. The predicted molar refractivity (Wildman–Crippen MR) is 82.5 cm³/mol. The van der Waals surface area contributed by atoms with E-state index in [-0.39, 0.29) is 5.56 Å². The van der Waals surface area contributed by atoms with Gasteiger partial charge >= 0.3 is 0 Å². The number of fused-ring (bicyclic) bond motifs is 2. The van der Waals surface area contributed by atoms with Crippen LogP contribution in [0.25, 0.3) is 33.2 Å². The normalized spacial score (nSPS) is 11.3. The molecule has 0 aliphatic heterocycles. The topological polar surface area (TPSA) is 74.4 Å². The fourth-order valence-corrected chi connectivity index (χ4v) is 2.54. The van der Waals surface area contributed by atoms with Crippen LogP contribution in [-0.2, 0) is 0 Å². The van der Waals surface area contributed by atoms with E-state index in [9.17, 15) is 4.79 Å². The van der Waals surface area contributed by atoms with E-state index in [1.165, 1.54) is 0 Å². The third-order valence-electron chi connectivity index (χ3n) is 3.39. The Kier molecular flexibility index (Phi) is 2.55. The first-order valence-electron chi connectivity index (χ1n) is 6.35. The summed E-state index contributed by atoms with van der Waals surface area (Å²) in [6.45, 7) is 0. The fourth-order valence-electron chi connectivity index (χ4n) is 2.35. The molecule has 0 aliphatic carbocycles. The lowest BCUT2D eigenvalue weighted by Crippen LogP contribution is -2.09. The van der Waals surface area contributed by atoms with E-state index in [2.05, 4.69) is 20.2 Å². The zero-order chi connectivity index (χ0) is 14.4. The number of aromatic nitrogens is 4. The number of aromatic amines is 2. The molecule has 2 heterocycles. The molecule has 0 amide bonds. The van der Waals surface area contributed by atoms with Crippen LogP contribution < -0.4 is 5.56 Å². The van der Waals surface area contributed by atoms with Crippen molar-refractivity contribution in [1.29, 1.82) is 0 Å². The maximum Gasteiger partial charge on any atom is 0.259 e. The molecule has 0 bridgehead atoms. The van der Waals surface area contributed by atoms with Crippen LogP contribution in [0.4, 0.5) is 0 Å². The van der Waals surface area contributed by atoms with Gasteiger partial charge in [0, 0.05) is 10.9 Å². The summed E-state index contributed by atoms with van der Waals surface area (Å²) in [6.07, 6.45) is 0. The largest absolute Gasteiger partial charge is 0.306 e. The van der Waals surface area contributed by atoms with Crippen molar-refractivity contribution in [2.24, 2.45) is 0 Å². The molecular weight excluding hydrogens is 288 g/mol. The molecule has 2 aromatic heterocycles. The maximum absolute atomic E-state index is 12.1. The van der Waals surface area contributed by atoms with Gasteiger partial charge in [-0.05, 0) is 30.3 Å². The van der Waals surface area contributed by atoms with Gasteiger partial charge in [0.25, 0.3) is 5.56 Å². The minimum Gasteiger partial charge on any atom is -0.306 e. The molecule has 21 heavy (non-hydrogen) atoms. The molecule has 0 spiro atoms. The number of hydrogen-bond donors (Lipinski definition) is 2. The van der Waals surface area contributed by atoms with E-state index in [1.54, 1.807) is 6.07 Å². The third-order valence-corrected chi connectivity index (χ3v) is 3.68. The molecule has 0 fully saturated rings. The van der Waals surface area contributed by atoms with Crippen molar-refractivity contribution in [2.45, 2.75) is 0 Å². The van der Waals surface area contributed by atoms with Crippen molar-refractivity contribution >= 4 is 33.4 Å². The highest BCUT2D eigenvalue weighted by Crippen LogP contribution is 2.25. The summed E-state index contributed by atoms with van der Waals surface area (Å²) in [7, 11) is 0. The number of H-pyrrole nitrogens is 2. The van der Waals surface area contributed by atoms with Gasteiger partial charge in [0.2, 0.25) is 0 Å². The lowest BCUT2D eigenvalue weighted by Gasteiger charge is -2.03. The zero-order valence-corrected chi connectivity index (χ0v) is 11.5. The Morgan fingerprint density at radius 1 is 1.00 bits per heavy atom. The summed E-state index contributed by atoms with van der Waals surface area (Å²) < 4.78 is 0. The molecule has 4 aromatic rings. The van der Waals surface area contributed by atoms with Crippen molar-refractivity contribution in [3.8, 4) is 11.4 Å². The number of rotatable bonds is 1. The van der Waals surface area contributed by atoms with Gasteiger partial charge in [0.1, 0.15) is 11.0 Å². The van der Waals surface area contributed by atoms with Gasteiger partial charge in [-0.3, -0.25) is 9.89 Å². The van der Waals surface area contributed by atoms with Crippen LogP contribution in [0, 0.1) is 0 Å². The molecule has 102 valence electrons. The Morgan fingerprint density at radius 2 is 1.86 bits per heavy atom. The second-order valence-electron chi connectivity index (χ2n) is 4.70. The van der Waals surface area contributed by atoms with Crippen molar-refractivity contribution in [3.05, 3.63) is 58.0 Å². The SMILES string of the molecule is O=c1[nH]c(-c2ccc3n[nH]c(Cl)c3c2)nc2ccccc12. The van der Waals surface area contributed by atoms with Crippen LogP contribution >= 0.6 is 11.6 Å². The lowest BCUT2D eigenvalue weighted by atomic mass is 10.1. The molecular formula is C15H9ClN4O. The summed E-state index contributed by atoms with van der Waals surface area (Å²) in [4.78, 5) is 19.4. The summed E-state index contributed by atoms with van der Waals surface area (Å²) in [5.41, 5.74) is 2.06. The van der Waals surface area contributed by atoms with Crippen LogP contribution in [0.15, 0.2) is 47.3 Å². The van der Waals surface area contributed by atoms with Crippen molar-refractivity contribution in [1.82, 2.24) is 20.2 Å². The fraction of sp³-hybridized carbons (Fsp3) is 0. The summed E-state index contributed by atoms with van der Waals surface area (Å²) in [5, 5.41) is 8.63. The van der Waals surface area contributed by atoms with Crippen LogP contribution in [0.1, 0.15) is 0 Å². The number of para-hydroxylation sites is 1. The Hall–Kier alpha value is -2.66. The lowest BCUT2D eigenvalue weighted by molar-refractivity contribution is 1.12. The summed E-state index contributed by atoms with van der Waals surface area (Å²) in [6, 6.07) is 12.8. The first kappa shape index (κ1) is 12.1. The molecule has 4 rings (SSSR count). The molecule has 0 aliphatic rings. The van der Waals surface area contributed by atoms with E-state index in [4.69, 9.17) is 11.6 Å². The quantitative estimate of drug-likeness (QED) is 0.567. The van der Waals surface area contributed by atoms with Gasteiger partial charge in [-0.2, -0.15) is 5.10 Å². The van der Waals surface area contributed by atoms with E-state index < -0.39 is 0 Å². The Labute approximate surface area is 123 Å². The molecule has 0 saturated heterocycles. The van der Waals surface area contributed by atoms with Gasteiger partial charge in [-0.1, -0.05) is 23.7 Å². The molecule has 5 nitrogen and oxygen atoms in total. The number of nitrogens with one attached hydrogen (secondary N) is 2. The zero-order valence-electron chi connectivity index (χ0n) is 10.7. The smallest absolute Gasteiger partial charge is 0.259 e. The van der Waals surface area contributed by atoms with Gasteiger partial charge in [0.05, 0.1) is 16.4 Å². The average molecular weight is 297 g/mol. The second kappa shape index (κ2) is 4.43. The van der Waals surface area contributed by atoms with Crippen LogP contribution in [0.3, 0.4) is 0 Å². The summed E-state index contributed by atoms with van der Waals surface area (Å²) in [5.74, 6) is 0.512. The predicted octanol–water partition coefficient (Wildman–Crippen LogP) is 3.12. The molecule has 0 unspecified atom stereocenters. The highest BCUT2D eigenvalue weighted by atomic mass is 35.5. The highest BCUT2D eigenvalue weighted by molar-refractivity contribution is 6.34. The standard InChI is InChI=1S/C15H9ClN4O/c16-13-10-7-8(5-6-12(10)19-20-13)14-17-11-4-2-1-3-9(11)15(21)18-14/h1-7H,(H,19,20)(H,17,18,21). The monoisotopic (exact) mass is 296 g/mol. The number of benzene rings is 2. The van der Waals surface area contributed by atoms with E-state index in [1.807, 2.05) is 36.4 Å². The molecule has 6 heteroatoms. The van der Waals surface area contributed by atoms with Gasteiger partial charge < -0.3 is 4.98 Å². The number of hydrogen-bond acceptors (Lipinski definition) is 3.